The van der Waals surface area contributed by atoms with Crippen LogP contribution in [0.3, 0.4) is 0 Å². The Kier molecular flexibility index (Phi) is 7.46. The fraction of sp³-hybridized carbons (Fsp3) is 0.967. The van der Waals surface area contributed by atoms with Crippen LogP contribution in [-0.4, -0.2) is 64.2 Å². The first-order chi connectivity index (χ1) is 17.1. The Morgan fingerprint density at radius 3 is 2.39 bits per heavy atom. The highest BCUT2D eigenvalue weighted by molar-refractivity contribution is 5.74. The van der Waals surface area contributed by atoms with Gasteiger partial charge in [0.2, 0.25) is 0 Å². The third-order valence-corrected chi connectivity index (χ3v) is 12.5. The molecule has 4 N–H and O–H groups in total. The predicted octanol–water partition coefficient (Wildman–Crippen LogP) is 4.42. The zero-order valence-electron chi connectivity index (χ0n) is 23.2. The minimum absolute atomic E-state index is 0.0360. The van der Waals surface area contributed by atoms with Crippen LogP contribution in [0.5, 0.6) is 0 Å². The topological polar surface area (TPSA) is 93.0 Å². The van der Waals surface area contributed by atoms with Gasteiger partial charge in [0.05, 0.1) is 18.3 Å². The number of fused-ring (bicyclic) bond motifs is 5. The number of β-amino-alcohol motifs (C(OH)–C–C–N with tert-alkyl or cyclic N) is 1. The molecule has 1 aliphatic heterocycles. The van der Waals surface area contributed by atoms with E-state index in [2.05, 4.69) is 33.0 Å². The average molecular weight is 505 g/mol. The van der Waals surface area contributed by atoms with Crippen LogP contribution in [0.2, 0.25) is 0 Å². The van der Waals surface area contributed by atoms with E-state index in [1.54, 1.807) is 4.90 Å². The van der Waals surface area contributed by atoms with Gasteiger partial charge in [-0.1, -0.05) is 34.1 Å². The number of likely N-dealkylation sites (tertiary alicyclic amines) is 1. The van der Waals surface area contributed by atoms with Crippen molar-refractivity contribution in [3.63, 3.8) is 0 Å². The van der Waals surface area contributed by atoms with E-state index in [1.807, 2.05) is 0 Å². The molecule has 36 heavy (non-hydrogen) atoms. The highest BCUT2D eigenvalue weighted by Crippen LogP contribution is 2.69. The molecule has 4 saturated carbocycles. The smallest absolute Gasteiger partial charge is 0.317 e. The lowest BCUT2D eigenvalue weighted by Gasteiger charge is -2.64. The molecule has 6 heteroatoms. The molecule has 2 amide bonds. The van der Waals surface area contributed by atoms with Crippen LogP contribution < -0.4 is 5.32 Å². The first kappa shape index (κ1) is 26.7. The molecule has 1 heterocycles. The summed E-state index contributed by atoms with van der Waals surface area (Å²) in [6.45, 7) is 11.4. The van der Waals surface area contributed by atoms with Gasteiger partial charge in [-0.2, -0.15) is 0 Å². The Morgan fingerprint density at radius 2 is 1.69 bits per heavy atom. The summed E-state index contributed by atoms with van der Waals surface area (Å²) in [6, 6.07) is -0.0360. The van der Waals surface area contributed by atoms with Crippen LogP contribution in [0.4, 0.5) is 4.79 Å². The molecule has 6 nitrogen and oxygen atoms in total. The maximum atomic E-state index is 12.5. The van der Waals surface area contributed by atoms with Gasteiger partial charge < -0.3 is 25.5 Å². The lowest BCUT2D eigenvalue weighted by molar-refractivity contribution is -0.203. The number of nitrogens with one attached hydrogen (secondary N) is 1. The van der Waals surface area contributed by atoms with E-state index < -0.39 is 0 Å². The van der Waals surface area contributed by atoms with Gasteiger partial charge >= 0.3 is 6.03 Å². The number of aliphatic hydroxyl groups excluding tert-OH is 3. The summed E-state index contributed by atoms with van der Waals surface area (Å²) in [5, 5.41) is 35.2. The lowest BCUT2D eigenvalue weighted by Crippen LogP contribution is -2.62. The second-order valence-corrected chi connectivity index (χ2v) is 14.0. The number of carbonyl (C=O) groups excluding carboxylic acids is 1. The molecule has 5 fully saturated rings. The molecule has 5 aliphatic rings. The highest BCUT2D eigenvalue weighted by atomic mass is 16.3. The minimum atomic E-state index is -0.376. The van der Waals surface area contributed by atoms with Crippen molar-refractivity contribution in [2.24, 2.45) is 52.3 Å². The number of nitrogens with zero attached hydrogens (tertiary/aromatic N) is 1. The SMILES string of the molecule is CC[C@H]1[C@@H](O)[C@@H]2[C@H](CC[C@]3(C)[C@@H]([C@H](C)CCNC(=O)N4CC[C@H](O)C4)CC[C@@H]23)[C@@]2(C)CC[C@@H](O)C[C@@H]12. The van der Waals surface area contributed by atoms with Crippen molar-refractivity contribution in [3.8, 4) is 0 Å². The number of rotatable bonds is 5. The first-order valence-electron chi connectivity index (χ1n) is 15.2. The molecule has 12 atom stereocenters. The Bertz CT molecular complexity index is 808. The van der Waals surface area contributed by atoms with Crippen molar-refractivity contribution >= 4 is 6.03 Å². The van der Waals surface area contributed by atoms with Crippen LogP contribution in [0.1, 0.15) is 91.9 Å². The monoisotopic (exact) mass is 504 g/mol. The summed E-state index contributed by atoms with van der Waals surface area (Å²) < 4.78 is 0. The summed E-state index contributed by atoms with van der Waals surface area (Å²) in [7, 11) is 0. The summed E-state index contributed by atoms with van der Waals surface area (Å²) in [5.74, 6) is 3.49. The van der Waals surface area contributed by atoms with Crippen LogP contribution in [-0.2, 0) is 0 Å². The highest BCUT2D eigenvalue weighted by Gasteiger charge is 2.64. The van der Waals surface area contributed by atoms with Gasteiger partial charge in [0.15, 0.2) is 0 Å². The molecule has 0 aromatic carbocycles. The van der Waals surface area contributed by atoms with Crippen LogP contribution in [0.25, 0.3) is 0 Å². The summed E-state index contributed by atoms with van der Waals surface area (Å²) in [5.41, 5.74) is 0.516. The molecule has 206 valence electrons. The van der Waals surface area contributed by atoms with Crippen molar-refractivity contribution in [3.05, 3.63) is 0 Å². The Balaban J connectivity index is 1.26. The molecular weight excluding hydrogens is 452 g/mol. The van der Waals surface area contributed by atoms with Crippen LogP contribution in [0.15, 0.2) is 0 Å². The number of hydrogen-bond acceptors (Lipinski definition) is 4. The fourth-order valence-corrected chi connectivity index (χ4v) is 10.6. The number of aliphatic hydroxyl groups is 3. The van der Waals surface area contributed by atoms with Crippen molar-refractivity contribution in [1.29, 1.82) is 0 Å². The van der Waals surface area contributed by atoms with Gasteiger partial charge in [0.1, 0.15) is 0 Å². The van der Waals surface area contributed by atoms with E-state index in [0.717, 1.165) is 32.1 Å². The zero-order valence-corrected chi connectivity index (χ0v) is 23.2. The minimum Gasteiger partial charge on any atom is -0.393 e. The number of urea groups is 1. The first-order valence-corrected chi connectivity index (χ1v) is 15.2. The number of carbonyl (C=O) groups is 1. The summed E-state index contributed by atoms with van der Waals surface area (Å²) >= 11 is 0. The largest absolute Gasteiger partial charge is 0.393 e. The van der Waals surface area contributed by atoms with E-state index in [0.29, 0.717) is 67.5 Å². The second kappa shape index (κ2) is 10.0. The second-order valence-electron chi connectivity index (χ2n) is 14.0. The molecular formula is C30H52N2O4. The van der Waals surface area contributed by atoms with Gasteiger partial charge in [-0.3, -0.25) is 0 Å². The van der Waals surface area contributed by atoms with Gasteiger partial charge in [0, 0.05) is 19.6 Å². The normalized spacial score (nSPS) is 49.2. The van der Waals surface area contributed by atoms with Crippen molar-refractivity contribution < 1.29 is 20.1 Å². The quantitative estimate of drug-likeness (QED) is 0.446. The van der Waals surface area contributed by atoms with Gasteiger partial charge in [0.25, 0.3) is 0 Å². The molecule has 0 aromatic rings. The average Bonchev–Trinajstić information content (AvgIpc) is 3.43. The van der Waals surface area contributed by atoms with Crippen molar-refractivity contribution in [1.82, 2.24) is 10.2 Å². The molecule has 0 unspecified atom stereocenters. The zero-order chi connectivity index (χ0) is 25.8. The maximum absolute atomic E-state index is 12.5. The fourth-order valence-electron chi connectivity index (χ4n) is 10.6. The van der Waals surface area contributed by atoms with E-state index in [-0.39, 0.29) is 35.2 Å². The van der Waals surface area contributed by atoms with Crippen molar-refractivity contribution in [2.45, 2.75) is 110 Å². The molecule has 0 aromatic heterocycles. The molecule has 1 saturated heterocycles. The van der Waals surface area contributed by atoms with Crippen LogP contribution >= 0.6 is 0 Å². The van der Waals surface area contributed by atoms with E-state index in [1.165, 1.54) is 25.7 Å². The Labute approximate surface area is 218 Å². The summed E-state index contributed by atoms with van der Waals surface area (Å²) in [4.78, 5) is 14.2. The lowest BCUT2D eigenvalue weighted by atomic mass is 9.41. The van der Waals surface area contributed by atoms with E-state index in [9.17, 15) is 20.1 Å². The van der Waals surface area contributed by atoms with Gasteiger partial charge in [-0.15, -0.1) is 0 Å². The Hall–Kier alpha value is -0.850. The molecule has 4 aliphatic carbocycles. The molecule has 0 radical (unpaired) electrons. The standard InChI is InChI=1S/C30H52N2O4/c1-5-21-25-16-19(33)8-12-30(25,4)24-9-13-29(3)22(6-7-23(29)26(24)27(21)35)18(2)10-14-31-28(36)32-15-11-20(34)17-32/h18-27,33-35H,5-17H2,1-4H3,(H,31,36)/t18-,19-,20+,21-,22-,23+,24+,25+,26+,27-,29-,30-/m1/s1. The van der Waals surface area contributed by atoms with Crippen molar-refractivity contribution in [2.75, 3.05) is 19.6 Å². The molecule has 0 bridgehead atoms. The van der Waals surface area contributed by atoms with E-state index >= 15 is 0 Å². The predicted molar refractivity (Wildman–Crippen MR) is 141 cm³/mol. The Morgan fingerprint density at radius 1 is 0.972 bits per heavy atom. The van der Waals surface area contributed by atoms with Gasteiger partial charge in [-0.05, 0) is 110 Å². The maximum Gasteiger partial charge on any atom is 0.317 e. The molecule has 0 spiro atoms. The van der Waals surface area contributed by atoms with Gasteiger partial charge in [-0.25, -0.2) is 4.79 Å². The third-order valence-electron chi connectivity index (χ3n) is 12.5. The summed E-state index contributed by atoms with van der Waals surface area (Å²) in [6.07, 6.45) is 9.70. The number of amides is 2. The molecule has 5 rings (SSSR count). The number of hydrogen-bond donors (Lipinski definition) is 4. The van der Waals surface area contributed by atoms with E-state index in [4.69, 9.17) is 0 Å². The van der Waals surface area contributed by atoms with Crippen LogP contribution in [0, 0.1) is 52.3 Å². The third kappa shape index (κ3) is 4.31.